The van der Waals surface area contributed by atoms with Gasteiger partial charge in [-0.25, -0.2) is 4.98 Å². The minimum Gasteiger partial charge on any atom is -0.296 e. The number of rotatable bonds is 1. The Kier molecular flexibility index (Phi) is 2.20. The van der Waals surface area contributed by atoms with Crippen LogP contribution in [0.25, 0.3) is 5.57 Å². The molecule has 0 bridgehead atoms. The van der Waals surface area contributed by atoms with Crippen LogP contribution in [-0.2, 0) is 0 Å². The summed E-state index contributed by atoms with van der Waals surface area (Å²) in [6, 6.07) is 3.81. The van der Waals surface area contributed by atoms with Crippen molar-refractivity contribution in [3.8, 4) is 0 Å². The van der Waals surface area contributed by atoms with E-state index in [4.69, 9.17) is 0 Å². The molecule has 1 heterocycles. The molecule has 0 saturated carbocycles. The van der Waals surface area contributed by atoms with Crippen LogP contribution in [0.2, 0.25) is 0 Å². The van der Waals surface area contributed by atoms with E-state index >= 15 is 0 Å². The van der Waals surface area contributed by atoms with Crippen molar-refractivity contribution < 1.29 is 4.79 Å². The summed E-state index contributed by atoms with van der Waals surface area (Å²) in [5.41, 5.74) is 3.95. The first-order valence-electron chi connectivity index (χ1n) is 4.85. The van der Waals surface area contributed by atoms with E-state index in [0.717, 1.165) is 18.4 Å². The van der Waals surface area contributed by atoms with Crippen LogP contribution in [0.3, 0.4) is 0 Å². The molecule has 0 N–H and O–H groups in total. The standard InChI is InChI=1S/C12H13NO/c1-8-3-4-9(2)12-11(8)6-5-10(7-14)13-12/h4-8H,3H2,1-2H3. The number of pyridine rings is 1. The van der Waals surface area contributed by atoms with Crippen molar-refractivity contribution in [1.29, 1.82) is 0 Å². The van der Waals surface area contributed by atoms with Gasteiger partial charge in [-0.3, -0.25) is 4.79 Å². The zero-order chi connectivity index (χ0) is 10.1. The molecule has 72 valence electrons. The quantitative estimate of drug-likeness (QED) is 0.633. The van der Waals surface area contributed by atoms with E-state index < -0.39 is 0 Å². The fraction of sp³-hybridized carbons (Fsp3) is 0.333. The Balaban J connectivity index is 2.58. The molecule has 1 aliphatic rings. The molecule has 1 atom stereocenters. The van der Waals surface area contributed by atoms with Crippen LogP contribution >= 0.6 is 0 Å². The predicted molar refractivity (Wildman–Crippen MR) is 56.3 cm³/mol. The van der Waals surface area contributed by atoms with E-state index in [1.54, 1.807) is 6.07 Å². The van der Waals surface area contributed by atoms with E-state index in [1.807, 2.05) is 13.0 Å². The van der Waals surface area contributed by atoms with Crippen LogP contribution in [0.15, 0.2) is 18.2 Å². The molecule has 2 rings (SSSR count). The van der Waals surface area contributed by atoms with Crippen molar-refractivity contribution in [2.45, 2.75) is 26.2 Å². The van der Waals surface area contributed by atoms with E-state index in [9.17, 15) is 4.79 Å². The van der Waals surface area contributed by atoms with Gasteiger partial charge >= 0.3 is 0 Å². The van der Waals surface area contributed by atoms with Gasteiger partial charge in [0.2, 0.25) is 0 Å². The van der Waals surface area contributed by atoms with Gasteiger partial charge in [0.05, 0.1) is 5.69 Å². The summed E-state index contributed by atoms with van der Waals surface area (Å²) >= 11 is 0. The number of aromatic nitrogens is 1. The Hall–Kier alpha value is -1.44. The van der Waals surface area contributed by atoms with Gasteiger partial charge in [0.1, 0.15) is 5.69 Å². The van der Waals surface area contributed by atoms with E-state index in [-0.39, 0.29) is 0 Å². The van der Waals surface area contributed by atoms with Gasteiger partial charge in [0.15, 0.2) is 6.29 Å². The summed E-state index contributed by atoms with van der Waals surface area (Å²) in [4.78, 5) is 14.9. The zero-order valence-corrected chi connectivity index (χ0v) is 8.45. The largest absolute Gasteiger partial charge is 0.296 e. The van der Waals surface area contributed by atoms with Crippen molar-refractivity contribution in [2.24, 2.45) is 0 Å². The van der Waals surface area contributed by atoms with Crippen LogP contribution in [0.1, 0.15) is 47.9 Å². The Morgan fingerprint density at radius 2 is 2.29 bits per heavy atom. The minimum atomic E-state index is 0.516. The second-order valence-electron chi connectivity index (χ2n) is 3.82. The maximum atomic E-state index is 10.6. The van der Waals surface area contributed by atoms with Crippen LogP contribution in [-0.4, -0.2) is 11.3 Å². The molecule has 0 fully saturated rings. The smallest absolute Gasteiger partial charge is 0.168 e. The highest BCUT2D eigenvalue weighted by atomic mass is 16.1. The fourth-order valence-electron chi connectivity index (χ4n) is 1.84. The van der Waals surface area contributed by atoms with Crippen molar-refractivity contribution in [1.82, 2.24) is 4.98 Å². The highest BCUT2D eigenvalue weighted by Crippen LogP contribution is 2.32. The highest BCUT2D eigenvalue weighted by molar-refractivity contribution is 5.75. The van der Waals surface area contributed by atoms with Crippen molar-refractivity contribution in [3.05, 3.63) is 35.2 Å². The molecule has 1 unspecified atom stereocenters. The lowest BCUT2D eigenvalue weighted by molar-refractivity contribution is 0.111. The fourth-order valence-corrected chi connectivity index (χ4v) is 1.84. The summed E-state index contributed by atoms with van der Waals surface area (Å²) in [5.74, 6) is 0.516. The van der Waals surface area contributed by atoms with Crippen molar-refractivity contribution >= 4 is 11.9 Å². The molecule has 0 spiro atoms. The summed E-state index contributed by atoms with van der Waals surface area (Å²) in [6.07, 6.45) is 4.06. The molecule has 1 aromatic rings. The first-order valence-corrected chi connectivity index (χ1v) is 4.85. The topological polar surface area (TPSA) is 30.0 Å². The first kappa shape index (κ1) is 9.13. The molecule has 0 saturated heterocycles. The summed E-state index contributed by atoms with van der Waals surface area (Å²) in [6.45, 7) is 4.23. The number of hydrogen-bond acceptors (Lipinski definition) is 2. The van der Waals surface area contributed by atoms with Crippen LogP contribution < -0.4 is 0 Å². The summed E-state index contributed by atoms with van der Waals surface area (Å²) in [7, 11) is 0. The lowest BCUT2D eigenvalue weighted by atomic mass is 9.88. The lowest BCUT2D eigenvalue weighted by Gasteiger charge is -2.20. The average Bonchev–Trinajstić information content (AvgIpc) is 2.23. The zero-order valence-electron chi connectivity index (χ0n) is 8.45. The van der Waals surface area contributed by atoms with E-state index in [1.165, 1.54) is 11.1 Å². The second kappa shape index (κ2) is 3.37. The van der Waals surface area contributed by atoms with E-state index in [2.05, 4.69) is 18.0 Å². The minimum absolute atomic E-state index is 0.516. The van der Waals surface area contributed by atoms with Gasteiger partial charge in [-0.2, -0.15) is 0 Å². The third-order valence-electron chi connectivity index (χ3n) is 2.75. The van der Waals surface area contributed by atoms with Crippen LogP contribution in [0.4, 0.5) is 0 Å². The number of allylic oxidation sites excluding steroid dienone is 2. The SMILES string of the molecule is CC1=CCC(C)c2ccc(C=O)nc21. The number of nitrogens with zero attached hydrogens (tertiary/aromatic N) is 1. The maximum absolute atomic E-state index is 10.6. The van der Waals surface area contributed by atoms with Crippen molar-refractivity contribution in [3.63, 3.8) is 0 Å². The summed E-state index contributed by atoms with van der Waals surface area (Å²) < 4.78 is 0. The second-order valence-corrected chi connectivity index (χ2v) is 3.82. The number of aldehydes is 1. The van der Waals surface area contributed by atoms with Gasteiger partial charge < -0.3 is 0 Å². The van der Waals surface area contributed by atoms with Crippen molar-refractivity contribution in [2.75, 3.05) is 0 Å². The predicted octanol–water partition coefficient (Wildman–Crippen LogP) is 2.80. The van der Waals surface area contributed by atoms with Gasteiger partial charge in [-0.15, -0.1) is 0 Å². The number of carbonyl (C=O) groups is 1. The number of carbonyl (C=O) groups excluding carboxylic acids is 1. The molecule has 0 aliphatic heterocycles. The highest BCUT2D eigenvalue weighted by Gasteiger charge is 2.17. The molecule has 2 nitrogen and oxygen atoms in total. The van der Waals surface area contributed by atoms with Gasteiger partial charge in [0.25, 0.3) is 0 Å². The lowest BCUT2D eigenvalue weighted by Crippen LogP contribution is -2.06. The molecule has 1 aromatic heterocycles. The Morgan fingerprint density at radius 3 is 3.00 bits per heavy atom. The third kappa shape index (κ3) is 1.37. The van der Waals surface area contributed by atoms with Gasteiger partial charge in [-0.1, -0.05) is 19.1 Å². The monoisotopic (exact) mass is 187 g/mol. The summed E-state index contributed by atoms with van der Waals surface area (Å²) in [5, 5.41) is 0. The Bertz CT molecular complexity index is 407. The normalized spacial score (nSPS) is 19.9. The first-order chi connectivity index (χ1) is 6.72. The Labute approximate surface area is 83.7 Å². The average molecular weight is 187 g/mol. The number of hydrogen-bond donors (Lipinski definition) is 0. The maximum Gasteiger partial charge on any atom is 0.168 e. The molecule has 1 aliphatic carbocycles. The molecule has 0 aromatic carbocycles. The molecular weight excluding hydrogens is 174 g/mol. The van der Waals surface area contributed by atoms with Crippen LogP contribution in [0, 0.1) is 0 Å². The van der Waals surface area contributed by atoms with Gasteiger partial charge in [0, 0.05) is 0 Å². The Morgan fingerprint density at radius 1 is 1.50 bits per heavy atom. The third-order valence-corrected chi connectivity index (χ3v) is 2.75. The van der Waals surface area contributed by atoms with Crippen LogP contribution in [0.5, 0.6) is 0 Å². The molecule has 0 amide bonds. The molecule has 0 radical (unpaired) electrons. The van der Waals surface area contributed by atoms with Gasteiger partial charge in [-0.05, 0) is 36.5 Å². The molecule has 14 heavy (non-hydrogen) atoms. The molecular formula is C12H13NO. The molecule has 2 heteroatoms. The van der Waals surface area contributed by atoms with E-state index in [0.29, 0.717) is 11.6 Å². The number of fused-ring (bicyclic) bond motifs is 1.